The fraction of sp³-hybridized carbons (Fsp3) is 0.391. The number of methoxy groups -OCH3 is 2. The second kappa shape index (κ2) is 9.25. The van der Waals surface area contributed by atoms with Gasteiger partial charge in [0.25, 0.3) is 5.91 Å². The largest absolute Gasteiger partial charge is 0.493 e. The summed E-state index contributed by atoms with van der Waals surface area (Å²) in [6, 6.07) is 9.13. The van der Waals surface area contributed by atoms with Crippen LogP contribution < -0.4 is 14.4 Å². The monoisotopic (exact) mass is 437 g/mol. The Kier molecular flexibility index (Phi) is 6.25. The Balaban J connectivity index is 1.38. The maximum Gasteiger partial charge on any atom is 0.254 e. The Morgan fingerprint density at radius 3 is 2.38 bits per heavy atom. The number of hydrogen-bond donors (Lipinski definition) is 0. The number of carbonyl (C=O) groups is 1. The normalized spacial score (nSPS) is 14.0. The quantitative estimate of drug-likeness (QED) is 0.580. The molecule has 4 rings (SSSR count). The van der Waals surface area contributed by atoms with Gasteiger partial charge in [-0.05, 0) is 30.3 Å². The molecule has 0 bridgehead atoms. The maximum absolute atomic E-state index is 12.9. The lowest BCUT2D eigenvalue weighted by Gasteiger charge is -2.35. The number of pyridine rings is 1. The van der Waals surface area contributed by atoms with Gasteiger partial charge in [0.1, 0.15) is 5.82 Å². The molecule has 1 aliphatic heterocycles. The molecule has 0 atom stereocenters. The highest BCUT2D eigenvalue weighted by molar-refractivity contribution is 5.95. The Morgan fingerprint density at radius 1 is 1.03 bits per heavy atom. The van der Waals surface area contributed by atoms with Gasteiger partial charge in [-0.2, -0.15) is 4.98 Å². The Bertz CT molecular complexity index is 1070. The van der Waals surface area contributed by atoms with Crippen LogP contribution >= 0.6 is 0 Å². The number of anilines is 1. The van der Waals surface area contributed by atoms with Crippen LogP contribution in [0.15, 0.2) is 41.1 Å². The predicted octanol–water partition coefficient (Wildman–Crippen LogP) is 3.23. The van der Waals surface area contributed by atoms with Gasteiger partial charge in [-0.1, -0.05) is 19.0 Å². The summed E-state index contributed by atoms with van der Waals surface area (Å²) in [6.07, 6.45) is 1.76. The van der Waals surface area contributed by atoms with E-state index in [4.69, 9.17) is 14.0 Å². The third-order valence-corrected chi connectivity index (χ3v) is 5.46. The molecule has 1 aliphatic rings. The van der Waals surface area contributed by atoms with Crippen molar-refractivity contribution in [1.29, 1.82) is 0 Å². The van der Waals surface area contributed by atoms with Gasteiger partial charge < -0.3 is 23.8 Å². The molecule has 32 heavy (non-hydrogen) atoms. The molecule has 0 aliphatic carbocycles. The molecule has 3 heterocycles. The highest BCUT2D eigenvalue weighted by Crippen LogP contribution is 2.28. The fourth-order valence-electron chi connectivity index (χ4n) is 3.58. The van der Waals surface area contributed by atoms with E-state index in [2.05, 4.69) is 20.0 Å². The molecular weight excluding hydrogens is 410 g/mol. The van der Waals surface area contributed by atoms with Gasteiger partial charge in [-0.25, -0.2) is 4.98 Å². The molecule has 1 aromatic carbocycles. The lowest BCUT2D eigenvalue weighted by Crippen LogP contribution is -2.49. The van der Waals surface area contributed by atoms with E-state index in [1.807, 2.05) is 30.9 Å². The minimum atomic E-state index is -0.0213. The summed E-state index contributed by atoms with van der Waals surface area (Å²) in [5.74, 6) is 3.32. The third-order valence-electron chi connectivity index (χ3n) is 5.46. The Hall–Kier alpha value is -3.62. The summed E-state index contributed by atoms with van der Waals surface area (Å²) in [5.41, 5.74) is 1.39. The van der Waals surface area contributed by atoms with Gasteiger partial charge in [0.2, 0.25) is 11.7 Å². The number of nitrogens with zero attached hydrogens (tertiary/aromatic N) is 5. The molecule has 0 saturated carbocycles. The van der Waals surface area contributed by atoms with E-state index in [-0.39, 0.29) is 11.8 Å². The van der Waals surface area contributed by atoms with Crippen LogP contribution in [0.4, 0.5) is 5.82 Å². The zero-order valence-corrected chi connectivity index (χ0v) is 18.7. The average molecular weight is 438 g/mol. The second-order valence-electron chi connectivity index (χ2n) is 7.87. The average Bonchev–Trinajstić information content (AvgIpc) is 3.34. The van der Waals surface area contributed by atoms with Crippen molar-refractivity contribution < 1.29 is 18.8 Å². The van der Waals surface area contributed by atoms with Crippen molar-refractivity contribution in [3.63, 3.8) is 0 Å². The van der Waals surface area contributed by atoms with Crippen molar-refractivity contribution in [2.45, 2.75) is 19.8 Å². The first kappa shape index (κ1) is 21.6. The van der Waals surface area contributed by atoms with Crippen LogP contribution in [0.3, 0.4) is 0 Å². The van der Waals surface area contributed by atoms with Gasteiger partial charge >= 0.3 is 0 Å². The number of piperazine rings is 1. The van der Waals surface area contributed by atoms with Crippen LogP contribution in [0.5, 0.6) is 11.5 Å². The smallest absolute Gasteiger partial charge is 0.254 e. The molecule has 0 unspecified atom stereocenters. The zero-order chi connectivity index (χ0) is 22.7. The summed E-state index contributed by atoms with van der Waals surface area (Å²) in [5, 5.41) is 4.03. The van der Waals surface area contributed by atoms with Crippen molar-refractivity contribution in [2.24, 2.45) is 0 Å². The molecule has 3 aromatic rings. The lowest BCUT2D eigenvalue weighted by molar-refractivity contribution is 0.0746. The molecule has 2 aromatic heterocycles. The molecule has 1 amide bonds. The highest BCUT2D eigenvalue weighted by Gasteiger charge is 2.24. The van der Waals surface area contributed by atoms with E-state index in [0.29, 0.717) is 55.0 Å². The van der Waals surface area contributed by atoms with Gasteiger partial charge in [0.05, 0.1) is 14.2 Å². The fourth-order valence-corrected chi connectivity index (χ4v) is 3.58. The number of hydrogen-bond acceptors (Lipinski definition) is 8. The first-order valence-corrected chi connectivity index (χ1v) is 10.6. The van der Waals surface area contributed by atoms with Crippen molar-refractivity contribution in [2.75, 3.05) is 45.3 Å². The number of aromatic nitrogens is 3. The number of rotatable bonds is 6. The minimum absolute atomic E-state index is 0.0213. The van der Waals surface area contributed by atoms with E-state index >= 15 is 0 Å². The van der Waals surface area contributed by atoms with E-state index < -0.39 is 0 Å². The summed E-state index contributed by atoms with van der Waals surface area (Å²) < 4.78 is 15.8. The molecule has 9 heteroatoms. The van der Waals surface area contributed by atoms with Gasteiger partial charge in [0.15, 0.2) is 11.5 Å². The van der Waals surface area contributed by atoms with Crippen molar-refractivity contribution in [3.05, 3.63) is 48.0 Å². The molecule has 9 nitrogen and oxygen atoms in total. The van der Waals surface area contributed by atoms with Crippen LogP contribution in [0, 0.1) is 0 Å². The van der Waals surface area contributed by atoms with E-state index in [1.165, 1.54) is 0 Å². The Labute approximate surface area is 187 Å². The standard InChI is InChI=1S/C23H27N5O4/c1-15(2)22-25-21(26-32-22)17-6-8-20(24-14-17)27-9-11-28(12-10-27)23(29)16-5-7-18(30-3)19(13-16)31-4/h5-8,13-15H,9-12H2,1-4H3. The topological polar surface area (TPSA) is 93.8 Å². The highest BCUT2D eigenvalue weighted by atomic mass is 16.5. The minimum Gasteiger partial charge on any atom is -0.493 e. The summed E-state index contributed by atoms with van der Waals surface area (Å²) in [7, 11) is 3.13. The third kappa shape index (κ3) is 4.37. The van der Waals surface area contributed by atoms with Gasteiger partial charge in [-0.15, -0.1) is 0 Å². The number of carbonyl (C=O) groups excluding carboxylic acids is 1. The summed E-state index contributed by atoms with van der Waals surface area (Å²) in [6.45, 7) is 6.64. The first-order chi connectivity index (χ1) is 15.5. The number of ether oxygens (including phenoxy) is 2. The molecule has 168 valence electrons. The van der Waals surface area contributed by atoms with E-state index in [1.54, 1.807) is 38.6 Å². The molecule has 0 radical (unpaired) electrons. The first-order valence-electron chi connectivity index (χ1n) is 10.6. The van der Waals surface area contributed by atoms with Crippen LogP contribution in [-0.2, 0) is 0 Å². The lowest BCUT2D eigenvalue weighted by atomic mass is 10.1. The number of amides is 1. The number of benzene rings is 1. The van der Waals surface area contributed by atoms with Crippen molar-refractivity contribution >= 4 is 11.7 Å². The molecule has 0 N–H and O–H groups in total. The van der Waals surface area contributed by atoms with Crippen LogP contribution in [-0.4, -0.2) is 66.3 Å². The van der Waals surface area contributed by atoms with Crippen LogP contribution in [0.1, 0.15) is 36.0 Å². The molecule has 1 saturated heterocycles. The van der Waals surface area contributed by atoms with E-state index in [0.717, 1.165) is 11.4 Å². The summed E-state index contributed by atoms with van der Waals surface area (Å²) >= 11 is 0. The maximum atomic E-state index is 12.9. The summed E-state index contributed by atoms with van der Waals surface area (Å²) in [4.78, 5) is 25.9. The molecular formula is C23H27N5O4. The second-order valence-corrected chi connectivity index (χ2v) is 7.87. The predicted molar refractivity (Wildman–Crippen MR) is 119 cm³/mol. The van der Waals surface area contributed by atoms with Crippen molar-refractivity contribution in [1.82, 2.24) is 20.0 Å². The van der Waals surface area contributed by atoms with Gasteiger partial charge in [0, 0.05) is 49.4 Å². The van der Waals surface area contributed by atoms with Gasteiger partial charge in [-0.3, -0.25) is 4.79 Å². The van der Waals surface area contributed by atoms with Crippen molar-refractivity contribution in [3.8, 4) is 22.9 Å². The Morgan fingerprint density at radius 2 is 1.78 bits per heavy atom. The SMILES string of the molecule is COc1ccc(C(=O)N2CCN(c3ccc(-c4noc(C(C)C)n4)cn3)CC2)cc1OC. The molecule has 0 spiro atoms. The van der Waals surface area contributed by atoms with E-state index in [9.17, 15) is 4.79 Å². The molecule has 1 fully saturated rings. The zero-order valence-electron chi connectivity index (χ0n) is 18.7. The van der Waals surface area contributed by atoms with Crippen LogP contribution in [0.2, 0.25) is 0 Å². The van der Waals surface area contributed by atoms with Crippen LogP contribution in [0.25, 0.3) is 11.4 Å².